The number of halogens is 2. The molecule has 0 bridgehead atoms. The summed E-state index contributed by atoms with van der Waals surface area (Å²) in [6.45, 7) is 0.852. The van der Waals surface area contributed by atoms with Gasteiger partial charge in [-0.2, -0.15) is 0 Å². The largest absolute Gasteiger partial charge is 0.486 e. The van der Waals surface area contributed by atoms with Gasteiger partial charge in [0.1, 0.15) is 19.3 Å². The molecule has 12 heteroatoms. The third-order valence-electron chi connectivity index (χ3n) is 8.33. The van der Waals surface area contributed by atoms with E-state index in [0.717, 1.165) is 37.5 Å². The van der Waals surface area contributed by atoms with Gasteiger partial charge in [0, 0.05) is 53.6 Å². The lowest BCUT2D eigenvalue weighted by atomic mass is 10.0. The van der Waals surface area contributed by atoms with E-state index in [4.69, 9.17) is 32.7 Å². The fraction of sp³-hybridized carbons (Fsp3) is 0.412. The van der Waals surface area contributed by atoms with Crippen molar-refractivity contribution in [2.24, 2.45) is 0 Å². The Morgan fingerprint density at radius 1 is 0.935 bits per heavy atom. The summed E-state index contributed by atoms with van der Waals surface area (Å²) in [5.41, 5.74) is 1.86. The second kappa shape index (κ2) is 15.4. The SMILES string of the molecule is CS(=O)(=O)N(CCCC(=O)N(Cc1c(Cl)cccc1Cl)[C@H](Cc1ccccc1)C(=O)NC1CCCC1)c1ccc2c(c1)OCCO2. The molecule has 0 spiro atoms. The first-order valence-electron chi connectivity index (χ1n) is 15.5. The van der Waals surface area contributed by atoms with Crippen molar-refractivity contribution in [1.82, 2.24) is 10.2 Å². The smallest absolute Gasteiger partial charge is 0.243 e. The molecule has 2 aliphatic rings. The summed E-state index contributed by atoms with van der Waals surface area (Å²) in [5.74, 6) is 0.469. The molecule has 2 amide bonds. The lowest BCUT2D eigenvalue weighted by molar-refractivity contribution is -0.141. The predicted octanol–water partition coefficient (Wildman–Crippen LogP) is 6.01. The van der Waals surface area contributed by atoms with E-state index in [1.807, 2.05) is 30.3 Å². The summed E-state index contributed by atoms with van der Waals surface area (Å²) in [4.78, 5) is 29.6. The molecule has 0 saturated heterocycles. The maximum Gasteiger partial charge on any atom is 0.243 e. The van der Waals surface area contributed by atoms with Crippen LogP contribution in [0.5, 0.6) is 11.5 Å². The van der Waals surface area contributed by atoms with Crippen LogP contribution in [0.3, 0.4) is 0 Å². The number of sulfonamides is 1. The molecule has 246 valence electrons. The molecule has 9 nitrogen and oxygen atoms in total. The molecule has 0 aromatic heterocycles. The van der Waals surface area contributed by atoms with Crippen LogP contribution in [-0.2, 0) is 32.6 Å². The van der Waals surface area contributed by atoms with E-state index >= 15 is 0 Å². The number of carbonyl (C=O) groups excluding carboxylic acids is 2. The van der Waals surface area contributed by atoms with Crippen molar-refractivity contribution in [3.63, 3.8) is 0 Å². The van der Waals surface area contributed by atoms with Gasteiger partial charge in [-0.3, -0.25) is 13.9 Å². The number of nitrogens with zero attached hydrogens (tertiary/aromatic N) is 2. The van der Waals surface area contributed by atoms with Gasteiger partial charge >= 0.3 is 0 Å². The van der Waals surface area contributed by atoms with E-state index in [1.54, 1.807) is 41.3 Å². The number of hydrogen-bond donors (Lipinski definition) is 1. The third-order valence-corrected chi connectivity index (χ3v) is 10.2. The molecule has 1 aliphatic heterocycles. The van der Waals surface area contributed by atoms with Gasteiger partial charge < -0.3 is 19.7 Å². The second-order valence-electron chi connectivity index (χ2n) is 11.7. The van der Waals surface area contributed by atoms with Crippen molar-refractivity contribution in [1.29, 1.82) is 0 Å². The minimum Gasteiger partial charge on any atom is -0.486 e. The molecular weight excluding hydrogens is 649 g/mol. The maximum atomic E-state index is 14.2. The van der Waals surface area contributed by atoms with E-state index in [0.29, 0.717) is 52.4 Å². The monoisotopic (exact) mass is 687 g/mol. The zero-order valence-corrected chi connectivity index (χ0v) is 28.1. The van der Waals surface area contributed by atoms with Gasteiger partial charge in [0.15, 0.2) is 11.5 Å². The summed E-state index contributed by atoms with van der Waals surface area (Å²) < 4.78 is 38.2. The third kappa shape index (κ3) is 8.66. The van der Waals surface area contributed by atoms with Gasteiger partial charge in [-0.1, -0.05) is 72.4 Å². The quantitative estimate of drug-likeness (QED) is 0.236. The molecule has 1 saturated carbocycles. The van der Waals surface area contributed by atoms with Gasteiger partial charge in [0.25, 0.3) is 0 Å². The highest BCUT2D eigenvalue weighted by Crippen LogP contribution is 2.35. The number of benzene rings is 3. The van der Waals surface area contributed by atoms with E-state index < -0.39 is 16.1 Å². The Labute approximate surface area is 280 Å². The van der Waals surface area contributed by atoms with Crippen LogP contribution in [0.25, 0.3) is 0 Å². The first-order chi connectivity index (χ1) is 22.1. The molecule has 5 rings (SSSR count). The molecule has 1 N–H and O–H groups in total. The standard InChI is InChI=1S/C34H39Cl2N3O6S/c1-46(42,43)39(26-16-17-31-32(22-26)45-20-19-44-31)18-8-15-33(40)38(23-27-28(35)13-7-14-29(27)36)30(21-24-9-3-2-4-10-24)34(41)37-25-11-5-6-12-25/h2-4,7,9-10,13-14,16-17,22,25,30H,5-6,8,11-12,15,18-21,23H2,1H3,(H,37,41)/t30-/m1/s1. The van der Waals surface area contributed by atoms with Crippen molar-refractivity contribution in [3.8, 4) is 11.5 Å². The van der Waals surface area contributed by atoms with Crippen LogP contribution in [0, 0.1) is 0 Å². The second-order valence-corrected chi connectivity index (χ2v) is 14.4. The van der Waals surface area contributed by atoms with Crippen molar-refractivity contribution >= 4 is 50.7 Å². The average molecular weight is 689 g/mol. The van der Waals surface area contributed by atoms with Gasteiger partial charge in [0.2, 0.25) is 21.8 Å². The summed E-state index contributed by atoms with van der Waals surface area (Å²) >= 11 is 13.1. The summed E-state index contributed by atoms with van der Waals surface area (Å²) in [6.07, 6.45) is 5.50. The number of anilines is 1. The zero-order valence-electron chi connectivity index (χ0n) is 25.8. The van der Waals surface area contributed by atoms with Crippen LogP contribution in [-0.4, -0.2) is 63.2 Å². The Hall–Kier alpha value is -3.47. The van der Waals surface area contributed by atoms with Gasteiger partial charge in [0.05, 0.1) is 11.9 Å². The van der Waals surface area contributed by atoms with E-state index in [-0.39, 0.29) is 43.8 Å². The van der Waals surface area contributed by atoms with Crippen LogP contribution in [0.1, 0.15) is 49.7 Å². The summed E-state index contributed by atoms with van der Waals surface area (Å²) in [6, 6.07) is 18.9. The highest BCUT2D eigenvalue weighted by atomic mass is 35.5. The van der Waals surface area contributed by atoms with Crippen LogP contribution in [0.2, 0.25) is 10.0 Å². The Bertz CT molecular complexity index is 1610. The molecular formula is C34H39Cl2N3O6S. The lowest BCUT2D eigenvalue weighted by Gasteiger charge is -2.33. The van der Waals surface area contributed by atoms with Gasteiger partial charge in [-0.05, 0) is 49.1 Å². The Balaban J connectivity index is 1.40. The van der Waals surface area contributed by atoms with Gasteiger partial charge in [-0.15, -0.1) is 0 Å². The number of fused-ring (bicyclic) bond motifs is 1. The molecule has 1 fully saturated rings. The zero-order chi connectivity index (χ0) is 32.7. The van der Waals surface area contributed by atoms with E-state index in [1.165, 1.54) is 4.31 Å². The summed E-state index contributed by atoms with van der Waals surface area (Å²) in [7, 11) is -3.69. The first kappa shape index (κ1) is 33.9. The molecule has 1 aliphatic carbocycles. The lowest BCUT2D eigenvalue weighted by Crippen LogP contribution is -2.52. The minimum atomic E-state index is -3.69. The highest BCUT2D eigenvalue weighted by Gasteiger charge is 2.33. The Kier molecular flexibility index (Phi) is 11.4. The predicted molar refractivity (Wildman–Crippen MR) is 180 cm³/mol. The van der Waals surface area contributed by atoms with Crippen molar-refractivity contribution in [2.75, 3.05) is 30.3 Å². The topological polar surface area (TPSA) is 105 Å². The van der Waals surface area contributed by atoms with Crippen LogP contribution in [0.4, 0.5) is 5.69 Å². The first-order valence-corrected chi connectivity index (χ1v) is 18.1. The summed E-state index contributed by atoms with van der Waals surface area (Å²) in [5, 5.41) is 3.96. The fourth-order valence-electron chi connectivity index (χ4n) is 5.97. The van der Waals surface area contributed by atoms with Crippen molar-refractivity contribution < 1.29 is 27.5 Å². The molecule has 1 atom stereocenters. The van der Waals surface area contributed by atoms with Crippen LogP contribution in [0.15, 0.2) is 66.7 Å². The average Bonchev–Trinajstić information content (AvgIpc) is 3.55. The van der Waals surface area contributed by atoms with Gasteiger partial charge in [-0.25, -0.2) is 8.42 Å². The van der Waals surface area contributed by atoms with E-state index in [9.17, 15) is 18.0 Å². The molecule has 3 aromatic carbocycles. The maximum absolute atomic E-state index is 14.2. The minimum absolute atomic E-state index is 0.0133. The number of amides is 2. The van der Waals surface area contributed by atoms with Crippen molar-refractivity contribution in [2.45, 2.75) is 63.6 Å². The molecule has 0 radical (unpaired) electrons. The normalized spacial score (nSPS) is 15.3. The van der Waals surface area contributed by atoms with Crippen LogP contribution < -0.4 is 19.1 Å². The highest BCUT2D eigenvalue weighted by molar-refractivity contribution is 7.92. The number of rotatable bonds is 13. The molecule has 0 unspecified atom stereocenters. The van der Waals surface area contributed by atoms with Crippen LogP contribution >= 0.6 is 23.2 Å². The Morgan fingerprint density at radius 2 is 1.61 bits per heavy atom. The fourth-order valence-corrected chi connectivity index (χ4v) is 7.44. The Morgan fingerprint density at radius 3 is 2.28 bits per heavy atom. The van der Waals surface area contributed by atoms with E-state index in [2.05, 4.69) is 5.32 Å². The number of hydrogen-bond acceptors (Lipinski definition) is 6. The number of ether oxygens (including phenoxy) is 2. The molecule has 46 heavy (non-hydrogen) atoms. The molecule has 1 heterocycles. The number of nitrogens with one attached hydrogen (secondary N) is 1. The van der Waals surface area contributed by atoms with Crippen molar-refractivity contribution in [3.05, 3.63) is 87.9 Å². The number of carbonyl (C=O) groups is 2. The molecule has 3 aromatic rings.